The first-order valence-corrected chi connectivity index (χ1v) is 8.69. The minimum Gasteiger partial charge on any atom is -0.321 e. The Labute approximate surface area is 127 Å². The third kappa shape index (κ3) is 3.44. The first-order valence-electron chi connectivity index (χ1n) is 6.93. The van der Waals surface area contributed by atoms with Crippen molar-refractivity contribution in [3.05, 3.63) is 46.7 Å². The van der Waals surface area contributed by atoms with Gasteiger partial charge in [-0.25, -0.2) is 0 Å². The van der Waals surface area contributed by atoms with E-state index < -0.39 is 0 Å². The molecular formula is C16H17NOS2. The van der Waals surface area contributed by atoms with Crippen molar-refractivity contribution in [2.45, 2.75) is 35.8 Å². The van der Waals surface area contributed by atoms with Gasteiger partial charge in [0.05, 0.1) is 4.88 Å². The van der Waals surface area contributed by atoms with Crippen LogP contribution in [0.25, 0.3) is 0 Å². The summed E-state index contributed by atoms with van der Waals surface area (Å²) < 4.78 is 0. The quantitative estimate of drug-likeness (QED) is 0.857. The molecule has 2 nitrogen and oxygen atoms in total. The van der Waals surface area contributed by atoms with Crippen LogP contribution in [0.4, 0.5) is 5.69 Å². The number of hydrogen-bond donors (Lipinski definition) is 1. The molecule has 1 aromatic carbocycles. The lowest BCUT2D eigenvalue weighted by atomic mass is 10.3. The van der Waals surface area contributed by atoms with Crippen LogP contribution in [-0.4, -0.2) is 11.2 Å². The fraction of sp³-hybridized carbons (Fsp3) is 0.312. The Balaban J connectivity index is 1.59. The van der Waals surface area contributed by atoms with E-state index in [-0.39, 0.29) is 5.91 Å². The molecule has 0 radical (unpaired) electrons. The molecule has 0 atom stereocenters. The van der Waals surface area contributed by atoms with Crippen LogP contribution < -0.4 is 5.32 Å². The first-order chi connectivity index (χ1) is 9.81. The number of hydrogen-bond acceptors (Lipinski definition) is 3. The minimum absolute atomic E-state index is 0.0313. The smallest absolute Gasteiger partial charge is 0.265 e. The Morgan fingerprint density at radius 2 is 1.90 bits per heavy atom. The molecule has 1 fully saturated rings. The van der Waals surface area contributed by atoms with Gasteiger partial charge >= 0.3 is 0 Å². The van der Waals surface area contributed by atoms with Crippen molar-refractivity contribution < 1.29 is 4.79 Å². The molecule has 1 saturated carbocycles. The Kier molecular flexibility index (Phi) is 4.43. The molecular weight excluding hydrogens is 286 g/mol. The lowest BCUT2D eigenvalue weighted by Gasteiger charge is -2.09. The first kappa shape index (κ1) is 13.7. The standard InChI is InChI=1S/C16H17NOS2/c18-16(15-6-3-11-19-15)17-12-7-9-14(10-8-12)20-13-4-1-2-5-13/h3,6-11,13H,1-2,4-5H2,(H,17,18). The lowest BCUT2D eigenvalue weighted by molar-refractivity contribution is 0.103. The van der Waals surface area contributed by atoms with E-state index in [1.807, 2.05) is 41.4 Å². The second-order valence-electron chi connectivity index (χ2n) is 4.98. The van der Waals surface area contributed by atoms with E-state index in [1.165, 1.54) is 41.9 Å². The van der Waals surface area contributed by atoms with Crippen molar-refractivity contribution in [2.75, 3.05) is 5.32 Å². The second-order valence-corrected chi connectivity index (χ2v) is 7.30. The van der Waals surface area contributed by atoms with E-state index in [0.29, 0.717) is 0 Å². The highest BCUT2D eigenvalue weighted by Crippen LogP contribution is 2.34. The maximum absolute atomic E-state index is 11.9. The number of thioether (sulfide) groups is 1. The summed E-state index contributed by atoms with van der Waals surface area (Å²) in [5.74, 6) is -0.0313. The van der Waals surface area contributed by atoms with E-state index in [0.717, 1.165) is 15.8 Å². The van der Waals surface area contributed by atoms with Gasteiger partial charge in [0, 0.05) is 15.8 Å². The molecule has 1 heterocycles. The Morgan fingerprint density at radius 1 is 1.15 bits per heavy atom. The summed E-state index contributed by atoms with van der Waals surface area (Å²) in [4.78, 5) is 14.0. The molecule has 1 amide bonds. The average Bonchev–Trinajstić information content (AvgIpc) is 3.13. The van der Waals surface area contributed by atoms with Crippen LogP contribution >= 0.6 is 23.1 Å². The van der Waals surface area contributed by atoms with Crippen molar-refractivity contribution in [2.24, 2.45) is 0 Å². The number of carbonyl (C=O) groups is 1. The van der Waals surface area contributed by atoms with Crippen LogP contribution in [0.1, 0.15) is 35.4 Å². The van der Waals surface area contributed by atoms with Gasteiger partial charge in [-0.15, -0.1) is 23.1 Å². The molecule has 1 aromatic heterocycles. The highest BCUT2D eigenvalue weighted by molar-refractivity contribution is 8.00. The number of anilines is 1. The molecule has 20 heavy (non-hydrogen) atoms. The van der Waals surface area contributed by atoms with Gasteiger partial charge in [-0.05, 0) is 48.6 Å². The van der Waals surface area contributed by atoms with Crippen LogP contribution in [0.3, 0.4) is 0 Å². The van der Waals surface area contributed by atoms with Crippen LogP contribution in [-0.2, 0) is 0 Å². The average molecular weight is 303 g/mol. The number of amides is 1. The van der Waals surface area contributed by atoms with E-state index in [4.69, 9.17) is 0 Å². The minimum atomic E-state index is -0.0313. The zero-order valence-electron chi connectivity index (χ0n) is 11.2. The van der Waals surface area contributed by atoms with Gasteiger partial charge in [0.1, 0.15) is 0 Å². The second kappa shape index (κ2) is 6.46. The normalized spacial score (nSPS) is 15.4. The van der Waals surface area contributed by atoms with Gasteiger partial charge in [0.15, 0.2) is 0 Å². The third-order valence-corrected chi connectivity index (χ3v) is 5.68. The summed E-state index contributed by atoms with van der Waals surface area (Å²) in [5.41, 5.74) is 0.860. The molecule has 104 valence electrons. The summed E-state index contributed by atoms with van der Waals surface area (Å²) in [6.07, 6.45) is 5.41. The van der Waals surface area contributed by atoms with Gasteiger partial charge < -0.3 is 5.32 Å². The third-order valence-electron chi connectivity index (χ3n) is 3.46. The Morgan fingerprint density at radius 3 is 2.55 bits per heavy atom. The van der Waals surface area contributed by atoms with Crippen molar-refractivity contribution in [1.29, 1.82) is 0 Å². The maximum Gasteiger partial charge on any atom is 0.265 e. The molecule has 0 unspecified atom stereocenters. The molecule has 4 heteroatoms. The maximum atomic E-state index is 11.9. The SMILES string of the molecule is O=C(Nc1ccc(SC2CCCC2)cc1)c1cccs1. The molecule has 0 aliphatic heterocycles. The summed E-state index contributed by atoms with van der Waals surface area (Å²) >= 11 is 3.42. The summed E-state index contributed by atoms with van der Waals surface area (Å²) in [6, 6.07) is 11.9. The fourth-order valence-electron chi connectivity index (χ4n) is 2.42. The molecule has 1 aliphatic rings. The summed E-state index contributed by atoms with van der Waals surface area (Å²) in [5, 5.41) is 5.62. The number of rotatable bonds is 4. The van der Waals surface area contributed by atoms with E-state index in [9.17, 15) is 4.79 Å². The van der Waals surface area contributed by atoms with Gasteiger partial charge in [0.2, 0.25) is 0 Å². The monoisotopic (exact) mass is 303 g/mol. The predicted octanol–water partition coefficient (Wildman–Crippen LogP) is 5.04. The van der Waals surface area contributed by atoms with Crippen LogP contribution in [0.15, 0.2) is 46.7 Å². The summed E-state index contributed by atoms with van der Waals surface area (Å²) in [7, 11) is 0. The zero-order chi connectivity index (χ0) is 13.8. The largest absolute Gasteiger partial charge is 0.321 e. The van der Waals surface area contributed by atoms with Crippen LogP contribution in [0.2, 0.25) is 0 Å². The Bertz CT molecular complexity index is 557. The lowest BCUT2D eigenvalue weighted by Crippen LogP contribution is -2.09. The number of benzene rings is 1. The van der Waals surface area contributed by atoms with Crippen molar-refractivity contribution >= 4 is 34.7 Å². The van der Waals surface area contributed by atoms with Crippen molar-refractivity contribution in [1.82, 2.24) is 0 Å². The molecule has 3 rings (SSSR count). The van der Waals surface area contributed by atoms with Gasteiger partial charge in [-0.1, -0.05) is 18.9 Å². The molecule has 0 saturated heterocycles. The molecule has 0 spiro atoms. The zero-order valence-corrected chi connectivity index (χ0v) is 12.8. The van der Waals surface area contributed by atoms with Crippen molar-refractivity contribution in [3.63, 3.8) is 0 Å². The Hall–Kier alpha value is -1.26. The summed E-state index contributed by atoms with van der Waals surface area (Å²) in [6.45, 7) is 0. The van der Waals surface area contributed by atoms with Crippen LogP contribution in [0.5, 0.6) is 0 Å². The van der Waals surface area contributed by atoms with Crippen LogP contribution in [0, 0.1) is 0 Å². The van der Waals surface area contributed by atoms with E-state index in [1.54, 1.807) is 0 Å². The molecule has 1 N–H and O–H groups in total. The molecule has 2 aromatic rings. The predicted molar refractivity (Wildman–Crippen MR) is 86.8 cm³/mol. The highest BCUT2D eigenvalue weighted by Gasteiger charge is 2.16. The number of carbonyl (C=O) groups excluding carboxylic acids is 1. The van der Waals surface area contributed by atoms with Gasteiger partial charge in [-0.3, -0.25) is 4.79 Å². The fourth-order valence-corrected chi connectivity index (χ4v) is 4.28. The highest BCUT2D eigenvalue weighted by atomic mass is 32.2. The van der Waals surface area contributed by atoms with Gasteiger partial charge in [0.25, 0.3) is 5.91 Å². The van der Waals surface area contributed by atoms with Gasteiger partial charge in [-0.2, -0.15) is 0 Å². The van der Waals surface area contributed by atoms with Crippen molar-refractivity contribution in [3.8, 4) is 0 Å². The topological polar surface area (TPSA) is 29.1 Å². The number of nitrogens with one attached hydrogen (secondary N) is 1. The van der Waals surface area contributed by atoms with E-state index >= 15 is 0 Å². The molecule has 0 bridgehead atoms. The number of thiophene rings is 1. The van der Waals surface area contributed by atoms with E-state index in [2.05, 4.69) is 17.4 Å². The molecule has 1 aliphatic carbocycles.